The van der Waals surface area contributed by atoms with E-state index in [1.807, 2.05) is 12.1 Å². The van der Waals surface area contributed by atoms with Crippen molar-refractivity contribution in [2.45, 2.75) is 46.1 Å². The van der Waals surface area contributed by atoms with Crippen molar-refractivity contribution in [2.75, 3.05) is 0 Å². The number of oxime groups is 1. The first kappa shape index (κ1) is 16.0. The molecule has 2 atom stereocenters. The minimum Gasteiger partial charge on any atom is -0.490 e. The van der Waals surface area contributed by atoms with Gasteiger partial charge < -0.3 is 15.7 Å². The largest absolute Gasteiger partial charge is 0.490 e. The maximum atomic E-state index is 8.92. The predicted octanol–water partition coefficient (Wildman–Crippen LogP) is 4.03. The summed E-state index contributed by atoms with van der Waals surface area (Å²) >= 11 is 6.15. The molecule has 1 aromatic rings. The molecule has 1 fully saturated rings. The van der Waals surface area contributed by atoms with Crippen LogP contribution in [-0.2, 0) is 0 Å². The van der Waals surface area contributed by atoms with Crippen molar-refractivity contribution in [3.8, 4) is 5.75 Å². The third kappa shape index (κ3) is 3.82. The van der Waals surface area contributed by atoms with E-state index in [9.17, 15) is 0 Å². The first-order valence-electron chi connectivity index (χ1n) is 7.25. The summed E-state index contributed by atoms with van der Waals surface area (Å²) in [5, 5.41) is 12.4. The van der Waals surface area contributed by atoms with E-state index in [0.29, 0.717) is 22.3 Å². The van der Waals surface area contributed by atoms with Gasteiger partial charge in [-0.2, -0.15) is 0 Å². The number of ether oxygens (including phenoxy) is 1. The Kier molecular flexibility index (Phi) is 4.67. The first-order valence-corrected chi connectivity index (χ1v) is 7.63. The van der Waals surface area contributed by atoms with E-state index >= 15 is 0 Å². The highest BCUT2D eigenvalue weighted by molar-refractivity contribution is 6.34. The molecular weight excluding hydrogens is 288 g/mol. The van der Waals surface area contributed by atoms with E-state index in [4.69, 9.17) is 27.3 Å². The van der Waals surface area contributed by atoms with Gasteiger partial charge in [-0.15, -0.1) is 0 Å². The molecule has 5 heteroatoms. The van der Waals surface area contributed by atoms with Crippen molar-refractivity contribution in [1.82, 2.24) is 0 Å². The van der Waals surface area contributed by atoms with Gasteiger partial charge in [0.05, 0.1) is 16.7 Å². The van der Waals surface area contributed by atoms with Crippen molar-refractivity contribution in [3.63, 3.8) is 0 Å². The molecule has 1 aliphatic rings. The highest BCUT2D eigenvalue weighted by Crippen LogP contribution is 2.40. The van der Waals surface area contributed by atoms with Gasteiger partial charge in [0.1, 0.15) is 5.75 Å². The van der Waals surface area contributed by atoms with E-state index in [2.05, 4.69) is 25.9 Å². The molecule has 0 heterocycles. The molecule has 0 bridgehead atoms. The van der Waals surface area contributed by atoms with Gasteiger partial charge in [-0.3, -0.25) is 0 Å². The summed E-state index contributed by atoms with van der Waals surface area (Å²) in [5.74, 6) is 1.16. The molecule has 3 N–H and O–H groups in total. The van der Waals surface area contributed by atoms with Crippen LogP contribution in [-0.4, -0.2) is 17.1 Å². The monoisotopic (exact) mass is 310 g/mol. The van der Waals surface area contributed by atoms with Crippen LogP contribution in [0.3, 0.4) is 0 Å². The molecule has 2 rings (SSSR count). The van der Waals surface area contributed by atoms with Gasteiger partial charge in [0, 0.05) is 0 Å². The van der Waals surface area contributed by atoms with Crippen LogP contribution >= 0.6 is 11.6 Å². The summed E-state index contributed by atoms with van der Waals surface area (Å²) in [6, 6.07) is 5.32. The summed E-state index contributed by atoms with van der Waals surface area (Å²) in [7, 11) is 0. The number of rotatable bonds is 3. The van der Waals surface area contributed by atoms with Crippen molar-refractivity contribution in [2.24, 2.45) is 22.2 Å². The van der Waals surface area contributed by atoms with Crippen LogP contribution in [0.5, 0.6) is 5.75 Å². The standard InChI is InChI=1S/C16H23ClN2O2/c1-10-7-11(9-16(2,3)8-10)21-13-6-4-5-12(17)14(13)15(18)19-20/h4-6,10-11,20H,7-9H2,1-3H3,(H2,18,19). The number of hydrogen-bond donors (Lipinski definition) is 2. The fourth-order valence-corrected chi connectivity index (χ4v) is 3.69. The Balaban J connectivity index is 2.26. The Morgan fingerprint density at radius 2 is 2.14 bits per heavy atom. The van der Waals surface area contributed by atoms with Gasteiger partial charge in [-0.25, -0.2) is 0 Å². The quantitative estimate of drug-likeness (QED) is 0.383. The molecule has 0 saturated heterocycles. The number of amidine groups is 1. The summed E-state index contributed by atoms with van der Waals surface area (Å²) in [5.41, 5.74) is 6.43. The first-order chi connectivity index (χ1) is 9.82. The average molecular weight is 311 g/mol. The minimum absolute atomic E-state index is 0.0290. The Hall–Kier alpha value is -1.42. The fraction of sp³-hybridized carbons (Fsp3) is 0.562. The third-order valence-corrected chi connectivity index (χ3v) is 4.29. The van der Waals surface area contributed by atoms with Gasteiger partial charge in [0.15, 0.2) is 5.84 Å². The van der Waals surface area contributed by atoms with Crippen LogP contribution in [0.2, 0.25) is 5.02 Å². The van der Waals surface area contributed by atoms with Crippen LogP contribution in [0.4, 0.5) is 0 Å². The lowest BCUT2D eigenvalue weighted by Gasteiger charge is -2.39. The normalized spacial score (nSPS) is 25.6. The molecule has 2 unspecified atom stereocenters. The van der Waals surface area contributed by atoms with E-state index in [-0.39, 0.29) is 17.4 Å². The van der Waals surface area contributed by atoms with Crippen molar-refractivity contribution < 1.29 is 9.94 Å². The van der Waals surface area contributed by atoms with E-state index in [0.717, 1.165) is 12.8 Å². The molecular formula is C16H23ClN2O2. The highest BCUT2D eigenvalue weighted by atomic mass is 35.5. The Bertz CT molecular complexity index is 543. The molecule has 1 aliphatic carbocycles. The molecule has 0 amide bonds. The molecule has 0 spiro atoms. The van der Waals surface area contributed by atoms with Crippen LogP contribution in [0.15, 0.2) is 23.4 Å². The van der Waals surface area contributed by atoms with Crippen LogP contribution < -0.4 is 10.5 Å². The predicted molar refractivity (Wildman–Crippen MR) is 85.2 cm³/mol. The lowest BCUT2D eigenvalue weighted by Crippen LogP contribution is -2.34. The van der Waals surface area contributed by atoms with E-state index in [1.54, 1.807) is 6.07 Å². The summed E-state index contributed by atoms with van der Waals surface area (Å²) < 4.78 is 6.14. The topological polar surface area (TPSA) is 67.8 Å². The second-order valence-corrected chi connectivity index (χ2v) is 7.16. The molecule has 0 radical (unpaired) electrons. The molecule has 21 heavy (non-hydrogen) atoms. The molecule has 0 aliphatic heterocycles. The molecule has 1 aromatic carbocycles. The minimum atomic E-state index is -0.0290. The molecule has 4 nitrogen and oxygen atoms in total. The zero-order valence-corrected chi connectivity index (χ0v) is 13.5. The lowest BCUT2D eigenvalue weighted by atomic mass is 9.71. The highest BCUT2D eigenvalue weighted by Gasteiger charge is 2.33. The Morgan fingerprint density at radius 1 is 1.43 bits per heavy atom. The SMILES string of the molecule is CC1CC(Oc2cccc(Cl)c2C(N)=NO)CC(C)(C)C1. The number of benzene rings is 1. The lowest BCUT2D eigenvalue weighted by molar-refractivity contribution is 0.0561. The van der Waals surface area contributed by atoms with E-state index in [1.165, 1.54) is 6.42 Å². The fourth-order valence-electron chi connectivity index (χ4n) is 3.43. The second-order valence-electron chi connectivity index (χ2n) is 6.75. The van der Waals surface area contributed by atoms with Gasteiger partial charge in [-0.05, 0) is 42.7 Å². The van der Waals surface area contributed by atoms with Gasteiger partial charge in [-0.1, -0.05) is 43.6 Å². The van der Waals surface area contributed by atoms with Gasteiger partial charge in [0.2, 0.25) is 0 Å². The maximum Gasteiger partial charge on any atom is 0.175 e. The second kappa shape index (κ2) is 6.14. The van der Waals surface area contributed by atoms with Crippen LogP contribution in [0, 0.1) is 11.3 Å². The maximum absolute atomic E-state index is 8.92. The number of nitrogens with two attached hydrogens (primary N) is 1. The third-order valence-electron chi connectivity index (χ3n) is 3.98. The van der Waals surface area contributed by atoms with Gasteiger partial charge in [0.25, 0.3) is 0 Å². The van der Waals surface area contributed by atoms with Crippen LogP contribution in [0.25, 0.3) is 0 Å². The van der Waals surface area contributed by atoms with Crippen LogP contribution in [0.1, 0.15) is 45.6 Å². The molecule has 1 saturated carbocycles. The number of halogens is 1. The smallest absolute Gasteiger partial charge is 0.175 e. The molecule has 0 aromatic heterocycles. The van der Waals surface area contributed by atoms with Crippen molar-refractivity contribution >= 4 is 17.4 Å². The zero-order valence-electron chi connectivity index (χ0n) is 12.8. The number of nitrogens with zero attached hydrogens (tertiary/aromatic N) is 1. The van der Waals surface area contributed by atoms with Crippen molar-refractivity contribution in [3.05, 3.63) is 28.8 Å². The summed E-state index contributed by atoms with van der Waals surface area (Å²) in [6.07, 6.45) is 3.31. The summed E-state index contributed by atoms with van der Waals surface area (Å²) in [6.45, 7) is 6.78. The van der Waals surface area contributed by atoms with Gasteiger partial charge >= 0.3 is 0 Å². The van der Waals surface area contributed by atoms with Crippen molar-refractivity contribution in [1.29, 1.82) is 0 Å². The Labute approximate surface area is 130 Å². The molecule has 116 valence electrons. The Morgan fingerprint density at radius 3 is 2.76 bits per heavy atom. The summed E-state index contributed by atoms with van der Waals surface area (Å²) in [4.78, 5) is 0. The average Bonchev–Trinajstić information content (AvgIpc) is 2.35. The van der Waals surface area contributed by atoms with E-state index < -0.39 is 0 Å². The number of hydrogen-bond acceptors (Lipinski definition) is 3. The zero-order chi connectivity index (χ0) is 15.6.